The predicted molar refractivity (Wildman–Crippen MR) is 93.8 cm³/mol. The lowest BCUT2D eigenvalue weighted by atomic mass is 9.93. The smallest absolute Gasteiger partial charge is 0.323 e. The van der Waals surface area contributed by atoms with E-state index in [2.05, 4.69) is 21.2 Å². The van der Waals surface area contributed by atoms with Crippen molar-refractivity contribution in [1.82, 2.24) is 5.32 Å². The maximum atomic E-state index is 12.1. The maximum absolute atomic E-state index is 12.1. The fourth-order valence-electron chi connectivity index (χ4n) is 2.84. The van der Waals surface area contributed by atoms with E-state index in [4.69, 9.17) is 14.2 Å². The zero-order valence-electron chi connectivity index (χ0n) is 13.3. The van der Waals surface area contributed by atoms with Gasteiger partial charge in [-0.25, -0.2) is 0 Å². The van der Waals surface area contributed by atoms with Crippen molar-refractivity contribution < 1.29 is 23.8 Å². The summed E-state index contributed by atoms with van der Waals surface area (Å²) in [5.41, 5.74) is 0.795. The summed E-state index contributed by atoms with van der Waals surface area (Å²) in [6, 6.07) is 4.61. The summed E-state index contributed by atoms with van der Waals surface area (Å²) in [6.45, 7) is 2.05. The van der Waals surface area contributed by atoms with Crippen LogP contribution in [-0.2, 0) is 19.1 Å². The Labute approximate surface area is 151 Å². The van der Waals surface area contributed by atoms with E-state index in [-0.39, 0.29) is 25.4 Å². The van der Waals surface area contributed by atoms with Crippen LogP contribution in [-0.4, -0.2) is 38.8 Å². The first-order valence-corrected chi connectivity index (χ1v) is 8.15. The second-order valence-electron chi connectivity index (χ2n) is 5.20. The van der Waals surface area contributed by atoms with Gasteiger partial charge in [0.25, 0.3) is 0 Å². The highest BCUT2D eigenvalue weighted by Gasteiger charge is 2.44. The molecule has 24 heavy (non-hydrogen) atoms. The molecule has 134 valence electrons. The number of carbonyl (C=O) groups is 2. The molecule has 0 bridgehead atoms. The molecule has 6 nitrogen and oxygen atoms in total. The molecule has 7 heteroatoms. The fourth-order valence-corrected chi connectivity index (χ4v) is 3.22. The monoisotopic (exact) mass is 401 g/mol. The number of methoxy groups -OCH3 is 2. The third-order valence-corrected chi connectivity index (χ3v) is 4.37. The molecule has 1 heterocycles. The molecule has 0 aliphatic carbocycles. The quantitative estimate of drug-likeness (QED) is 0.764. The molecule has 1 aromatic carbocycles. The minimum absolute atomic E-state index is 0. The van der Waals surface area contributed by atoms with Gasteiger partial charge in [0.15, 0.2) is 0 Å². The molecule has 2 rings (SSSR count). The summed E-state index contributed by atoms with van der Waals surface area (Å²) in [4.78, 5) is 24.2. The predicted octanol–water partition coefficient (Wildman–Crippen LogP) is 2.85. The summed E-state index contributed by atoms with van der Waals surface area (Å²) in [5.74, 6) is -0.573. The van der Waals surface area contributed by atoms with E-state index >= 15 is 0 Å². The molecular formula is C17H24BrNO5. The third-order valence-electron chi connectivity index (χ3n) is 3.87. The van der Waals surface area contributed by atoms with Gasteiger partial charge >= 0.3 is 11.9 Å². The first kappa shape index (κ1) is 20.4. The third kappa shape index (κ3) is 4.27. The molecule has 0 spiro atoms. The number of benzene rings is 1. The van der Waals surface area contributed by atoms with E-state index in [1.54, 1.807) is 14.0 Å². The number of ether oxygens (including phenoxy) is 3. The van der Waals surface area contributed by atoms with E-state index in [1.807, 2.05) is 18.2 Å². The van der Waals surface area contributed by atoms with E-state index in [9.17, 15) is 9.59 Å². The van der Waals surface area contributed by atoms with Crippen LogP contribution in [0.2, 0.25) is 0 Å². The minimum Gasteiger partial charge on any atom is -0.496 e. The Morgan fingerprint density at radius 3 is 2.58 bits per heavy atom. The number of halogens is 1. The number of rotatable bonds is 5. The first-order chi connectivity index (χ1) is 11.0. The highest BCUT2D eigenvalue weighted by molar-refractivity contribution is 9.10. The van der Waals surface area contributed by atoms with E-state index in [1.165, 1.54) is 7.11 Å². The fraction of sp³-hybridized carbons (Fsp3) is 0.529. The Hall–Kier alpha value is -1.60. The average molecular weight is 402 g/mol. The molecule has 3 unspecified atom stereocenters. The van der Waals surface area contributed by atoms with Crippen LogP contribution in [0, 0.1) is 5.92 Å². The van der Waals surface area contributed by atoms with Crippen LogP contribution < -0.4 is 10.1 Å². The van der Waals surface area contributed by atoms with E-state index < -0.39 is 12.0 Å². The van der Waals surface area contributed by atoms with Crippen LogP contribution >= 0.6 is 15.9 Å². The van der Waals surface area contributed by atoms with Crippen LogP contribution in [0.1, 0.15) is 32.4 Å². The minimum atomic E-state index is -0.548. The number of hydrogen-bond acceptors (Lipinski definition) is 6. The van der Waals surface area contributed by atoms with Gasteiger partial charge in [0.1, 0.15) is 11.8 Å². The Bertz CT molecular complexity index is 592. The Kier molecular flexibility index (Phi) is 7.69. The van der Waals surface area contributed by atoms with Gasteiger partial charge in [0.2, 0.25) is 0 Å². The molecule has 1 fully saturated rings. The molecular weight excluding hydrogens is 378 g/mol. The van der Waals surface area contributed by atoms with Crippen molar-refractivity contribution in [2.75, 3.05) is 20.8 Å². The first-order valence-electron chi connectivity index (χ1n) is 7.35. The standard InChI is InChI=1S/C16H20BrNO5.CH4/c1-4-23-16(20)12-8-11(15(19)22-3)14(18-12)10-7-9(17)5-6-13(10)21-2;/h5-7,11-12,14,18H,4,8H2,1-3H3;1H4. The second-order valence-corrected chi connectivity index (χ2v) is 6.12. The summed E-state index contributed by atoms with van der Waals surface area (Å²) in [6.07, 6.45) is 0.325. The van der Waals surface area contributed by atoms with Crippen molar-refractivity contribution in [2.45, 2.75) is 32.9 Å². The topological polar surface area (TPSA) is 73.9 Å². The maximum Gasteiger partial charge on any atom is 0.323 e. The molecule has 0 amide bonds. The molecule has 1 saturated heterocycles. The van der Waals surface area contributed by atoms with Gasteiger partial charge in [-0.2, -0.15) is 0 Å². The molecule has 0 aromatic heterocycles. The Balaban J connectivity index is 0.00000288. The molecule has 1 aliphatic rings. The average Bonchev–Trinajstić information content (AvgIpc) is 2.99. The lowest BCUT2D eigenvalue weighted by Gasteiger charge is -2.20. The van der Waals surface area contributed by atoms with Crippen LogP contribution in [0.5, 0.6) is 5.75 Å². The summed E-state index contributed by atoms with van der Waals surface area (Å²) in [7, 11) is 2.91. The van der Waals surface area contributed by atoms with Gasteiger partial charge in [0.05, 0.1) is 26.7 Å². The van der Waals surface area contributed by atoms with Crippen LogP contribution in [0.25, 0.3) is 0 Å². The SMILES string of the molecule is C.CCOC(=O)C1CC(C(=O)OC)C(c2cc(Br)ccc2OC)N1. The lowest BCUT2D eigenvalue weighted by molar-refractivity contribution is -0.146. The highest BCUT2D eigenvalue weighted by Crippen LogP contribution is 2.39. The van der Waals surface area contributed by atoms with Crippen LogP contribution in [0.15, 0.2) is 22.7 Å². The van der Waals surface area contributed by atoms with Crippen LogP contribution in [0.3, 0.4) is 0 Å². The summed E-state index contributed by atoms with van der Waals surface area (Å²) in [5, 5.41) is 3.18. The summed E-state index contributed by atoms with van der Waals surface area (Å²) >= 11 is 3.42. The van der Waals surface area contributed by atoms with Crippen molar-refractivity contribution in [1.29, 1.82) is 0 Å². The van der Waals surface area contributed by atoms with Crippen molar-refractivity contribution >= 4 is 27.9 Å². The van der Waals surface area contributed by atoms with E-state index in [0.29, 0.717) is 18.8 Å². The van der Waals surface area contributed by atoms with Gasteiger partial charge in [-0.15, -0.1) is 0 Å². The molecule has 1 N–H and O–H groups in total. The number of nitrogens with one attached hydrogen (secondary N) is 1. The lowest BCUT2D eigenvalue weighted by Crippen LogP contribution is -2.34. The number of carbonyl (C=O) groups excluding carboxylic acids is 2. The molecule has 1 aliphatic heterocycles. The second kappa shape index (κ2) is 9.03. The van der Waals surface area contributed by atoms with E-state index in [0.717, 1.165) is 10.0 Å². The summed E-state index contributed by atoms with van der Waals surface area (Å²) < 4.78 is 16.2. The van der Waals surface area contributed by atoms with Crippen molar-refractivity contribution in [3.8, 4) is 5.75 Å². The molecule has 0 saturated carbocycles. The van der Waals surface area contributed by atoms with Gasteiger partial charge in [-0.3, -0.25) is 14.9 Å². The van der Waals surface area contributed by atoms with Crippen molar-refractivity contribution in [3.05, 3.63) is 28.2 Å². The highest BCUT2D eigenvalue weighted by atomic mass is 79.9. The Morgan fingerprint density at radius 1 is 1.29 bits per heavy atom. The van der Waals surface area contributed by atoms with Gasteiger partial charge in [-0.1, -0.05) is 23.4 Å². The van der Waals surface area contributed by atoms with Gasteiger partial charge < -0.3 is 14.2 Å². The van der Waals surface area contributed by atoms with Gasteiger partial charge in [0, 0.05) is 16.1 Å². The molecule has 0 radical (unpaired) electrons. The van der Waals surface area contributed by atoms with Gasteiger partial charge in [-0.05, 0) is 31.5 Å². The van der Waals surface area contributed by atoms with Crippen molar-refractivity contribution in [2.24, 2.45) is 5.92 Å². The zero-order chi connectivity index (χ0) is 17.0. The number of esters is 2. The largest absolute Gasteiger partial charge is 0.496 e. The normalized spacial score (nSPS) is 22.4. The molecule has 3 atom stereocenters. The molecule has 1 aromatic rings. The Morgan fingerprint density at radius 2 is 2.00 bits per heavy atom. The van der Waals surface area contributed by atoms with Crippen LogP contribution in [0.4, 0.5) is 0 Å². The number of hydrogen-bond donors (Lipinski definition) is 1. The van der Waals surface area contributed by atoms with Crippen molar-refractivity contribution in [3.63, 3.8) is 0 Å². The zero-order valence-corrected chi connectivity index (χ0v) is 14.9.